The van der Waals surface area contributed by atoms with Gasteiger partial charge in [0.1, 0.15) is 5.82 Å². The predicted octanol–water partition coefficient (Wildman–Crippen LogP) is 1.05. The van der Waals surface area contributed by atoms with Crippen LogP contribution in [-0.4, -0.2) is 34.7 Å². The van der Waals surface area contributed by atoms with Gasteiger partial charge in [0.2, 0.25) is 5.91 Å². The Bertz CT molecular complexity index is 933. The fraction of sp³-hybridized carbons (Fsp3) is 0.476. The number of anilines is 1. The summed E-state index contributed by atoms with van der Waals surface area (Å²) in [5.74, 6) is 0.492. The Morgan fingerprint density at radius 2 is 1.89 bits per heavy atom. The monoisotopic (exact) mass is 384 g/mol. The lowest BCUT2D eigenvalue weighted by molar-refractivity contribution is -0.125. The number of hydrogen-bond donors (Lipinski definition) is 1. The molecule has 1 N–H and O–H groups in total. The molecular weight excluding hydrogens is 356 g/mol. The van der Waals surface area contributed by atoms with Crippen molar-refractivity contribution in [1.29, 1.82) is 0 Å². The number of rotatable bonds is 6. The zero-order valence-electron chi connectivity index (χ0n) is 16.6. The first-order chi connectivity index (χ1) is 13.5. The molecule has 1 amide bonds. The topological polar surface area (TPSA) is 76.3 Å². The highest BCUT2D eigenvalue weighted by molar-refractivity contribution is 5.79. The average molecular weight is 384 g/mol. The van der Waals surface area contributed by atoms with Crippen LogP contribution < -0.4 is 21.5 Å². The Kier molecular flexibility index (Phi) is 6.34. The summed E-state index contributed by atoms with van der Waals surface area (Å²) in [6.07, 6.45) is 3.51. The molecule has 0 unspecified atom stereocenters. The molecule has 7 nitrogen and oxygen atoms in total. The van der Waals surface area contributed by atoms with E-state index in [0.29, 0.717) is 18.9 Å². The quantitative estimate of drug-likeness (QED) is 0.756. The summed E-state index contributed by atoms with van der Waals surface area (Å²) in [7, 11) is 3.13. The summed E-state index contributed by atoms with van der Waals surface area (Å²) >= 11 is 0. The summed E-state index contributed by atoms with van der Waals surface area (Å²) < 4.78 is 2.56. The van der Waals surface area contributed by atoms with Crippen LogP contribution in [0.25, 0.3) is 0 Å². The fourth-order valence-electron chi connectivity index (χ4n) is 3.72. The van der Waals surface area contributed by atoms with E-state index in [9.17, 15) is 14.4 Å². The highest BCUT2D eigenvalue weighted by atomic mass is 16.2. The van der Waals surface area contributed by atoms with Crippen LogP contribution in [0.5, 0.6) is 0 Å². The maximum absolute atomic E-state index is 12.6. The zero-order chi connectivity index (χ0) is 20.1. The molecule has 1 aliphatic rings. The van der Waals surface area contributed by atoms with Gasteiger partial charge in [-0.25, -0.2) is 4.79 Å². The van der Waals surface area contributed by atoms with E-state index in [4.69, 9.17) is 0 Å². The van der Waals surface area contributed by atoms with E-state index in [1.807, 2.05) is 23.1 Å². The van der Waals surface area contributed by atoms with Crippen molar-refractivity contribution in [3.63, 3.8) is 0 Å². The van der Waals surface area contributed by atoms with Crippen molar-refractivity contribution in [2.24, 2.45) is 20.0 Å². The number of carbonyl (C=O) groups is 1. The van der Waals surface area contributed by atoms with Gasteiger partial charge in [-0.1, -0.05) is 30.3 Å². The predicted molar refractivity (Wildman–Crippen MR) is 110 cm³/mol. The number of hydrogen-bond acceptors (Lipinski definition) is 4. The molecule has 3 rings (SSSR count). The third-order valence-electron chi connectivity index (χ3n) is 5.40. The third-order valence-corrected chi connectivity index (χ3v) is 5.40. The van der Waals surface area contributed by atoms with Gasteiger partial charge in [0.15, 0.2) is 0 Å². The molecule has 1 saturated heterocycles. The van der Waals surface area contributed by atoms with Crippen molar-refractivity contribution in [1.82, 2.24) is 14.5 Å². The van der Waals surface area contributed by atoms with E-state index in [1.165, 1.54) is 23.2 Å². The normalized spacial score (nSPS) is 16.8. The van der Waals surface area contributed by atoms with Gasteiger partial charge >= 0.3 is 5.69 Å². The van der Waals surface area contributed by atoms with Gasteiger partial charge in [0.25, 0.3) is 5.56 Å². The summed E-state index contributed by atoms with van der Waals surface area (Å²) in [6, 6.07) is 11.7. The van der Waals surface area contributed by atoms with Gasteiger partial charge in [-0.2, -0.15) is 0 Å². The Morgan fingerprint density at radius 3 is 2.64 bits per heavy atom. The highest BCUT2D eigenvalue weighted by Gasteiger charge is 2.27. The van der Waals surface area contributed by atoms with Crippen LogP contribution >= 0.6 is 0 Å². The molecule has 1 aliphatic heterocycles. The molecule has 1 atom stereocenters. The number of piperidine rings is 1. The van der Waals surface area contributed by atoms with Crippen LogP contribution in [-0.2, 0) is 25.3 Å². The minimum Gasteiger partial charge on any atom is -0.357 e. The van der Waals surface area contributed by atoms with Crippen LogP contribution in [0.15, 0.2) is 46.0 Å². The maximum Gasteiger partial charge on any atom is 0.332 e. The number of aromatic nitrogens is 2. The van der Waals surface area contributed by atoms with Gasteiger partial charge < -0.3 is 10.2 Å². The number of nitrogens with one attached hydrogen (secondary N) is 1. The molecule has 1 fully saturated rings. The van der Waals surface area contributed by atoms with Crippen molar-refractivity contribution in [3.8, 4) is 0 Å². The maximum atomic E-state index is 12.6. The minimum atomic E-state index is -0.352. The lowest BCUT2D eigenvalue weighted by Crippen LogP contribution is -2.46. The van der Waals surface area contributed by atoms with E-state index in [1.54, 1.807) is 7.05 Å². The second-order valence-corrected chi connectivity index (χ2v) is 7.41. The zero-order valence-corrected chi connectivity index (χ0v) is 16.6. The fourth-order valence-corrected chi connectivity index (χ4v) is 3.72. The lowest BCUT2D eigenvalue weighted by Gasteiger charge is -2.34. The minimum absolute atomic E-state index is 0.0478. The standard InChI is InChI=1S/C21H28N4O3/c1-23-18(14-19(26)24(2)21(23)28)25-13-7-11-17(15-25)20(27)22-12-6-10-16-8-4-3-5-9-16/h3-5,8-9,14,17H,6-7,10-13,15H2,1-2H3,(H,22,27)/t17-/m1/s1. The van der Waals surface area contributed by atoms with Crippen molar-refractivity contribution >= 4 is 11.7 Å². The second-order valence-electron chi connectivity index (χ2n) is 7.41. The van der Waals surface area contributed by atoms with Crippen LogP contribution in [0.4, 0.5) is 5.82 Å². The summed E-state index contributed by atoms with van der Waals surface area (Å²) in [5, 5.41) is 3.04. The van der Waals surface area contributed by atoms with E-state index in [-0.39, 0.29) is 23.1 Å². The van der Waals surface area contributed by atoms with E-state index in [0.717, 1.165) is 36.8 Å². The van der Waals surface area contributed by atoms with Crippen LogP contribution in [0.3, 0.4) is 0 Å². The van der Waals surface area contributed by atoms with E-state index in [2.05, 4.69) is 17.4 Å². The lowest BCUT2D eigenvalue weighted by atomic mass is 9.97. The van der Waals surface area contributed by atoms with Crippen LogP contribution in [0.1, 0.15) is 24.8 Å². The van der Waals surface area contributed by atoms with Gasteiger partial charge in [-0.3, -0.25) is 18.7 Å². The molecule has 1 aromatic heterocycles. The van der Waals surface area contributed by atoms with Crippen LogP contribution in [0.2, 0.25) is 0 Å². The third kappa shape index (κ3) is 4.52. The second kappa shape index (κ2) is 8.91. The first-order valence-corrected chi connectivity index (χ1v) is 9.81. The first kappa shape index (κ1) is 19.9. The molecule has 0 radical (unpaired) electrons. The number of carbonyl (C=O) groups excluding carboxylic acids is 1. The molecule has 150 valence electrons. The summed E-state index contributed by atoms with van der Waals surface area (Å²) in [4.78, 5) is 38.7. The van der Waals surface area contributed by atoms with Crippen molar-refractivity contribution in [3.05, 3.63) is 62.8 Å². The highest BCUT2D eigenvalue weighted by Crippen LogP contribution is 2.21. The molecule has 0 spiro atoms. The average Bonchev–Trinajstić information content (AvgIpc) is 2.73. The van der Waals surface area contributed by atoms with Gasteiger partial charge in [0.05, 0.1) is 5.92 Å². The number of aryl methyl sites for hydroxylation is 1. The Labute approximate surface area is 164 Å². The Morgan fingerprint density at radius 1 is 1.14 bits per heavy atom. The Hall–Kier alpha value is -2.83. The van der Waals surface area contributed by atoms with E-state index < -0.39 is 0 Å². The summed E-state index contributed by atoms with van der Waals surface area (Å²) in [5.41, 5.74) is 0.590. The number of amides is 1. The van der Waals surface area contributed by atoms with Crippen molar-refractivity contribution in [2.45, 2.75) is 25.7 Å². The molecular formula is C21H28N4O3. The van der Waals surface area contributed by atoms with Crippen molar-refractivity contribution < 1.29 is 4.79 Å². The molecule has 0 bridgehead atoms. The molecule has 2 heterocycles. The van der Waals surface area contributed by atoms with Gasteiger partial charge in [0, 0.05) is 39.8 Å². The molecule has 0 aliphatic carbocycles. The largest absolute Gasteiger partial charge is 0.357 e. The molecule has 7 heteroatoms. The SMILES string of the molecule is Cn1c(N2CCC[C@@H](C(=O)NCCCc3ccccc3)C2)cc(=O)n(C)c1=O. The first-order valence-electron chi connectivity index (χ1n) is 9.81. The molecule has 1 aromatic carbocycles. The molecule has 2 aromatic rings. The summed E-state index contributed by atoms with van der Waals surface area (Å²) in [6.45, 7) is 1.90. The molecule has 28 heavy (non-hydrogen) atoms. The molecule has 0 saturated carbocycles. The van der Waals surface area contributed by atoms with Crippen LogP contribution in [0, 0.1) is 5.92 Å². The van der Waals surface area contributed by atoms with Gasteiger partial charge in [-0.15, -0.1) is 0 Å². The number of benzene rings is 1. The smallest absolute Gasteiger partial charge is 0.332 e. The van der Waals surface area contributed by atoms with E-state index >= 15 is 0 Å². The van der Waals surface area contributed by atoms with Crippen molar-refractivity contribution in [2.75, 3.05) is 24.5 Å². The van der Waals surface area contributed by atoms with Gasteiger partial charge in [-0.05, 0) is 31.2 Å². The number of nitrogens with zero attached hydrogens (tertiary/aromatic N) is 3. The Balaban J connectivity index is 1.57.